The van der Waals surface area contributed by atoms with Crippen LogP contribution in [0.1, 0.15) is 52.7 Å². The van der Waals surface area contributed by atoms with E-state index in [-0.39, 0.29) is 24.4 Å². The molecule has 0 unspecified atom stereocenters. The van der Waals surface area contributed by atoms with Crippen LogP contribution in [0, 0.1) is 5.92 Å². The fraction of sp³-hybridized carbons (Fsp3) is 0.455. The van der Waals surface area contributed by atoms with Crippen LogP contribution in [0.2, 0.25) is 0 Å². The Hall–Kier alpha value is -2.58. The highest BCUT2D eigenvalue weighted by Gasteiger charge is 2.26. The lowest BCUT2D eigenvalue weighted by Gasteiger charge is -2.25. The Kier molecular flexibility index (Phi) is 5.97. The maximum Gasteiger partial charge on any atom is 0.251 e. The highest BCUT2D eigenvalue weighted by molar-refractivity contribution is 7.17. The van der Waals surface area contributed by atoms with E-state index in [0.29, 0.717) is 23.8 Å². The highest BCUT2D eigenvalue weighted by Crippen LogP contribution is 2.39. The van der Waals surface area contributed by atoms with Crippen molar-refractivity contribution in [2.45, 2.75) is 39.2 Å². The summed E-state index contributed by atoms with van der Waals surface area (Å²) in [5.74, 6) is 1.06. The molecule has 30 heavy (non-hydrogen) atoms. The third-order valence-electron chi connectivity index (χ3n) is 5.50. The van der Waals surface area contributed by atoms with Crippen molar-refractivity contribution in [3.05, 3.63) is 39.8 Å². The summed E-state index contributed by atoms with van der Waals surface area (Å²) in [6.45, 7) is 5.41. The van der Waals surface area contributed by atoms with Crippen LogP contribution in [-0.2, 0) is 17.6 Å². The van der Waals surface area contributed by atoms with Crippen LogP contribution >= 0.6 is 11.3 Å². The molecule has 4 rings (SSSR count). The van der Waals surface area contributed by atoms with Gasteiger partial charge in [0.2, 0.25) is 5.91 Å². The molecule has 0 fully saturated rings. The zero-order chi connectivity index (χ0) is 21.3. The van der Waals surface area contributed by atoms with Gasteiger partial charge >= 0.3 is 0 Å². The standard InChI is InChI=1S/C22H27N3O4S/c1-12(2)20(13-6-7-15-16(10-13)29-9-8-28-15)24-11-18(26)25-22-19(21(23)27)14-4-3-5-17(14)30-22/h6-7,10,12,20,24H,3-5,8-9,11H2,1-2H3,(H2,23,27)(H,25,26)/t20-/m0/s1. The number of primary amides is 1. The fourth-order valence-electron chi connectivity index (χ4n) is 4.12. The number of anilines is 1. The monoisotopic (exact) mass is 429 g/mol. The molecule has 1 aliphatic carbocycles. The van der Waals surface area contributed by atoms with Crippen molar-refractivity contribution in [3.63, 3.8) is 0 Å². The van der Waals surface area contributed by atoms with Crippen molar-refractivity contribution in [1.82, 2.24) is 5.32 Å². The Labute approximate surface area is 179 Å². The van der Waals surface area contributed by atoms with E-state index in [1.807, 2.05) is 18.2 Å². The van der Waals surface area contributed by atoms with Gasteiger partial charge < -0.3 is 25.8 Å². The molecule has 1 aromatic carbocycles. The molecule has 2 aromatic rings. The number of ether oxygens (including phenoxy) is 2. The predicted octanol–water partition coefficient (Wildman–Crippen LogP) is 3.03. The molecule has 2 heterocycles. The molecule has 7 nitrogen and oxygen atoms in total. The number of aryl methyl sites for hydroxylation is 1. The minimum atomic E-state index is -0.478. The average molecular weight is 430 g/mol. The summed E-state index contributed by atoms with van der Waals surface area (Å²) in [6, 6.07) is 5.85. The molecule has 1 aliphatic heterocycles. The van der Waals surface area contributed by atoms with Gasteiger partial charge in [0.25, 0.3) is 5.91 Å². The van der Waals surface area contributed by atoms with Crippen molar-refractivity contribution >= 4 is 28.2 Å². The van der Waals surface area contributed by atoms with Crippen LogP contribution < -0.4 is 25.8 Å². The third-order valence-corrected chi connectivity index (χ3v) is 6.70. The number of hydrogen-bond acceptors (Lipinski definition) is 6. The van der Waals surface area contributed by atoms with Crippen molar-refractivity contribution < 1.29 is 19.1 Å². The second-order valence-electron chi connectivity index (χ2n) is 7.98. The number of hydrogen-bond donors (Lipinski definition) is 3. The van der Waals surface area contributed by atoms with E-state index < -0.39 is 5.91 Å². The lowest BCUT2D eigenvalue weighted by molar-refractivity contribution is -0.115. The molecule has 2 amide bonds. The molecule has 4 N–H and O–H groups in total. The number of carbonyl (C=O) groups is 2. The molecule has 0 radical (unpaired) electrons. The summed E-state index contributed by atoms with van der Waals surface area (Å²) >= 11 is 1.47. The van der Waals surface area contributed by atoms with Crippen molar-refractivity contribution in [2.75, 3.05) is 25.1 Å². The number of benzene rings is 1. The predicted molar refractivity (Wildman–Crippen MR) is 117 cm³/mol. The lowest BCUT2D eigenvalue weighted by Crippen LogP contribution is -2.34. The van der Waals surface area contributed by atoms with Crippen molar-refractivity contribution in [1.29, 1.82) is 0 Å². The summed E-state index contributed by atoms with van der Waals surface area (Å²) in [6.07, 6.45) is 2.81. The van der Waals surface area contributed by atoms with E-state index in [1.54, 1.807) is 0 Å². The Balaban J connectivity index is 1.44. The van der Waals surface area contributed by atoms with Gasteiger partial charge in [0, 0.05) is 10.9 Å². The summed E-state index contributed by atoms with van der Waals surface area (Å²) < 4.78 is 11.3. The molecule has 1 atom stereocenters. The van der Waals surface area contributed by atoms with Gasteiger partial charge in [-0.2, -0.15) is 0 Å². The fourth-order valence-corrected chi connectivity index (χ4v) is 5.43. The first-order chi connectivity index (χ1) is 14.4. The van der Waals surface area contributed by atoms with Crippen LogP contribution in [-0.4, -0.2) is 31.6 Å². The number of thiophene rings is 1. The first kappa shape index (κ1) is 20.7. The SMILES string of the molecule is CC(C)[C@H](NCC(=O)Nc1sc2c(c1C(N)=O)CCC2)c1ccc2c(c1)OCCO2. The first-order valence-electron chi connectivity index (χ1n) is 10.3. The lowest BCUT2D eigenvalue weighted by atomic mass is 9.95. The van der Waals surface area contributed by atoms with E-state index >= 15 is 0 Å². The molecule has 0 bridgehead atoms. The number of fused-ring (bicyclic) bond motifs is 2. The van der Waals surface area contributed by atoms with Gasteiger partial charge in [-0.3, -0.25) is 9.59 Å². The minimum absolute atomic E-state index is 0.0319. The highest BCUT2D eigenvalue weighted by atomic mass is 32.1. The summed E-state index contributed by atoms with van der Waals surface area (Å²) in [7, 11) is 0. The minimum Gasteiger partial charge on any atom is -0.486 e. The molecule has 8 heteroatoms. The van der Waals surface area contributed by atoms with E-state index in [0.717, 1.165) is 46.8 Å². The Morgan fingerprint density at radius 2 is 1.93 bits per heavy atom. The summed E-state index contributed by atoms with van der Waals surface area (Å²) in [5, 5.41) is 6.80. The van der Waals surface area contributed by atoms with Gasteiger partial charge in [-0.1, -0.05) is 19.9 Å². The largest absolute Gasteiger partial charge is 0.486 e. The van der Waals surface area contributed by atoms with Crippen molar-refractivity contribution in [3.8, 4) is 11.5 Å². The van der Waals surface area contributed by atoms with Gasteiger partial charge in [-0.05, 0) is 48.4 Å². The van der Waals surface area contributed by atoms with E-state index in [2.05, 4.69) is 24.5 Å². The number of carbonyl (C=O) groups excluding carboxylic acids is 2. The second kappa shape index (κ2) is 8.65. The smallest absolute Gasteiger partial charge is 0.251 e. The molecule has 2 aliphatic rings. The Morgan fingerprint density at radius 1 is 1.17 bits per heavy atom. The van der Waals surface area contributed by atoms with Crippen molar-refractivity contribution in [2.24, 2.45) is 11.7 Å². The number of nitrogens with two attached hydrogens (primary N) is 1. The van der Waals surface area contributed by atoms with E-state index in [1.165, 1.54) is 11.3 Å². The Morgan fingerprint density at radius 3 is 2.67 bits per heavy atom. The molecule has 1 aromatic heterocycles. The number of rotatable bonds is 7. The van der Waals surface area contributed by atoms with E-state index in [4.69, 9.17) is 15.2 Å². The maximum absolute atomic E-state index is 12.6. The molecular formula is C22H27N3O4S. The number of amides is 2. The third kappa shape index (κ3) is 4.15. The van der Waals surface area contributed by atoms with Crippen LogP contribution in [0.4, 0.5) is 5.00 Å². The van der Waals surface area contributed by atoms with Crippen LogP contribution in [0.3, 0.4) is 0 Å². The Bertz CT molecular complexity index is 970. The quantitative estimate of drug-likeness (QED) is 0.628. The van der Waals surface area contributed by atoms with Gasteiger partial charge in [0.1, 0.15) is 18.2 Å². The van der Waals surface area contributed by atoms with Gasteiger partial charge in [-0.15, -0.1) is 11.3 Å². The topological polar surface area (TPSA) is 103 Å². The average Bonchev–Trinajstić information content (AvgIpc) is 3.28. The first-order valence-corrected chi connectivity index (χ1v) is 11.1. The van der Waals surface area contributed by atoms with Gasteiger partial charge in [0.15, 0.2) is 11.5 Å². The maximum atomic E-state index is 12.6. The molecule has 0 saturated carbocycles. The van der Waals surface area contributed by atoms with Crippen LogP contribution in [0.15, 0.2) is 18.2 Å². The molecule has 0 spiro atoms. The van der Waals surface area contributed by atoms with E-state index in [9.17, 15) is 9.59 Å². The van der Waals surface area contributed by atoms with Crippen LogP contribution in [0.5, 0.6) is 11.5 Å². The zero-order valence-electron chi connectivity index (χ0n) is 17.2. The zero-order valence-corrected chi connectivity index (χ0v) is 18.1. The van der Waals surface area contributed by atoms with Gasteiger partial charge in [0.05, 0.1) is 12.1 Å². The second-order valence-corrected chi connectivity index (χ2v) is 9.08. The van der Waals surface area contributed by atoms with Crippen LogP contribution in [0.25, 0.3) is 0 Å². The summed E-state index contributed by atoms with van der Waals surface area (Å²) in [4.78, 5) is 25.7. The molecular weight excluding hydrogens is 402 g/mol. The summed E-state index contributed by atoms with van der Waals surface area (Å²) in [5.41, 5.74) is 8.10. The normalized spacial score (nSPS) is 15.7. The molecule has 0 saturated heterocycles. The molecule has 160 valence electrons. The number of nitrogens with one attached hydrogen (secondary N) is 2. The van der Waals surface area contributed by atoms with Gasteiger partial charge in [-0.25, -0.2) is 0 Å².